The summed E-state index contributed by atoms with van der Waals surface area (Å²) in [4.78, 5) is 23.2. The van der Waals surface area contributed by atoms with Gasteiger partial charge in [0, 0.05) is 30.8 Å². The zero-order valence-electron chi connectivity index (χ0n) is 13.7. The average molecular weight is 342 g/mol. The highest BCUT2D eigenvalue weighted by molar-refractivity contribution is 5.94. The van der Waals surface area contributed by atoms with Crippen LogP contribution in [0.15, 0.2) is 54.6 Å². The monoisotopic (exact) mass is 342 g/mol. The summed E-state index contributed by atoms with van der Waals surface area (Å²) in [6.07, 6.45) is 1.77. The zero-order chi connectivity index (χ0) is 18.2. The summed E-state index contributed by atoms with van der Waals surface area (Å²) in [6, 6.07) is 12.6. The van der Waals surface area contributed by atoms with Crippen LogP contribution in [0.25, 0.3) is 6.08 Å². The van der Waals surface area contributed by atoms with Gasteiger partial charge in [-0.3, -0.25) is 9.59 Å². The van der Waals surface area contributed by atoms with Crippen LogP contribution in [0, 0.1) is 5.82 Å². The number of carbonyl (C=O) groups is 2. The predicted octanol–water partition coefficient (Wildman–Crippen LogP) is 2.05. The molecule has 0 aliphatic heterocycles. The highest BCUT2D eigenvalue weighted by Gasteiger charge is 2.12. The average Bonchev–Trinajstić information content (AvgIpc) is 2.64. The first-order valence-corrected chi connectivity index (χ1v) is 7.72. The first kappa shape index (κ1) is 18.4. The molecule has 0 saturated heterocycles. The quantitative estimate of drug-likeness (QED) is 0.703. The van der Waals surface area contributed by atoms with Crippen LogP contribution >= 0.6 is 0 Å². The summed E-state index contributed by atoms with van der Waals surface area (Å²) in [7, 11) is 1.55. The van der Waals surface area contributed by atoms with E-state index in [-0.39, 0.29) is 18.0 Å². The fraction of sp³-hybridized carbons (Fsp3) is 0.158. The Morgan fingerprint density at radius 2 is 1.84 bits per heavy atom. The molecule has 0 heterocycles. The Kier molecular flexibility index (Phi) is 6.42. The second kappa shape index (κ2) is 8.75. The molecule has 1 unspecified atom stereocenters. The van der Waals surface area contributed by atoms with E-state index in [1.807, 2.05) is 0 Å². The van der Waals surface area contributed by atoms with E-state index in [0.717, 1.165) is 5.56 Å². The smallest absolute Gasteiger partial charge is 0.251 e. The molecule has 0 aliphatic carbocycles. The highest BCUT2D eigenvalue weighted by atomic mass is 19.1. The fourth-order valence-corrected chi connectivity index (χ4v) is 2.17. The van der Waals surface area contributed by atoms with Crippen molar-refractivity contribution in [1.29, 1.82) is 0 Å². The van der Waals surface area contributed by atoms with Gasteiger partial charge >= 0.3 is 0 Å². The van der Waals surface area contributed by atoms with Gasteiger partial charge in [-0.1, -0.05) is 30.3 Å². The molecule has 25 heavy (non-hydrogen) atoms. The van der Waals surface area contributed by atoms with Crippen LogP contribution in [-0.2, 0) is 4.79 Å². The predicted molar refractivity (Wildman–Crippen MR) is 93.2 cm³/mol. The molecule has 2 aromatic rings. The SMILES string of the molecule is CNC(=O)c1ccc(/C=C/C(=O)NCC(O)c2ccccc2F)cc1. The number of aliphatic hydroxyl groups is 1. The second-order valence-electron chi connectivity index (χ2n) is 5.32. The lowest BCUT2D eigenvalue weighted by molar-refractivity contribution is -0.116. The third-order valence-electron chi connectivity index (χ3n) is 3.56. The minimum Gasteiger partial charge on any atom is -0.386 e. The van der Waals surface area contributed by atoms with Gasteiger partial charge in [0.15, 0.2) is 0 Å². The van der Waals surface area contributed by atoms with E-state index in [9.17, 15) is 19.1 Å². The fourth-order valence-electron chi connectivity index (χ4n) is 2.17. The lowest BCUT2D eigenvalue weighted by Crippen LogP contribution is -2.27. The van der Waals surface area contributed by atoms with Crippen molar-refractivity contribution in [3.63, 3.8) is 0 Å². The van der Waals surface area contributed by atoms with E-state index in [1.165, 1.54) is 24.3 Å². The Bertz CT molecular complexity index is 772. The molecular formula is C19H19FN2O3. The molecule has 0 bridgehead atoms. The number of benzene rings is 2. The lowest BCUT2D eigenvalue weighted by atomic mass is 10.1. The normalized spacial score (nSPS) is 12.0. The Morgan fingerprint density at radius 1 is 1.16 bits per heavy atom. The molecule has 3 N–H and O–H groups in total. The number of hydrogen-bond donors (Lipinski definition) is 3. The van der Waals surface area contributed by atoms with Crippen molar-refractivity contribution in [2.24, 2.45) is 0 Å². The summed E-state index contributed by atoms with van der Waals surface area (Å²) < 4.78 is 13.5. The molecule has 2 rings (SSSR count). The summed E-state index contributed by atoms with van der Waals surface area (Å²) in [5.74, 6) is -1.11. The van der Waals surface area contributed by atoms with E-state index in [1.54, 1.807) is 43.5 Å². The van der Waals surface area contributed by atoms with E-state index >= 15 is 0 Å². The molecule has 2 amide bonds. The minimum atomic E-state index is -1.12. The number of hydrogen-bond acceptors (Lipinski definition) is 3. The van der Waals surface area contributed by atoms with Crippen LogP contribution in [0.5, 0.6) is 0 Å². The number of carbonyl (C=O) groups excluding carboxylic acids is 2. The summed E-state index contributed by atoms with van der Waals surface area (Å²) >= 11 is 0. The van der Waals surface area contributed by atoms with Gasteiger partial charge in [0.25, 0.3) is 5.91 Å². The number of halogens is 1. The Hall–Kier alpha value is -2.99. The lowest BCUT2D eigenvalue weighted by Gasteiger charge is -2.12. The largest absolute Gasteiger partial charge is 0.386 e. The first-order valence-electron chi connectivity index (χ1n) is 7.72. The molecule has 1 atom stereocenters. The van der Waals surface area contributed by atoms with Crippen LogP contribution in [0.3, 0.4) is 0 Å². The molecule has 0 saturated carbocycles. The van der Waals surface area contributed by atoms with Crippen molar-refractivity contribution >= 4 is 17.9 Å². The van der Waals surface area contributed by atoms with E-state index in [4.69, 9.17) is 0 Å². The molecule has 0 radical (unpaired) electrons. The molecule has 0 fully saturated rings. The van der Waals surface area contributed by atoms with Gasteiger partial charge < -0.3 is 15.7 Å². The number of aliphatic hydroxyl groups excluding tert-OH is 1. The van der Waals surface area contributed by atoms with Crippen molar-refractivity contribution in [1.82, 2.24) is 10.6 Å². The second-order valence-corrected chi connectivity index (χ2v) is 5.32. The number of nitrogens with one attached hydrogen (secondary N) is 2. The summed E-state index contributed by atoms with van der Waals surface area (Å²) in [5, 5.41) is 15.0. The van der Waals surface area contributed by atoms with Gasteiger partial charge in [-0.25, -0.2) is 4.39 Å². The molecule has 2 aromatic carbocycles. The highest BCUT2D eigenvalue weighted by Crippen LogP contribution is 2.15. The molecule has 0 aromatic heterocycles. The third kappa shape index (κ3) is 5.26. The Labute approximate surface area is 145 Å². The summed E-state index contributed by atoms with van der Waals surface area (Å²) in [6.45, 7) is -0.0975. The van der Waals surface area contributed by atoms with Gasteiger partial charge in [0.1, 0.15) is 5.82 Å². The Balaban J connectivity index is 1.88. The van der Waals surface area contributed by atoms with Crippen molar-refractivity contribution in [2.75, 3.05) is 13.6 Å². The van der Waals surface area contributed by atoms with Gasteiger partial charge in [-0.2, -0.15) is 0 Å². The van der Waals surface area contributed by atoms with Gasteiger partial charge in [0.05, 0.1) is 6.10 Å². The van der Waals surface area contributed by atoms with E-state index < -0.39 is 17.8 Å². The third-order valence-corrected chi connectivity index (χ3v) is 3.56. The van der Waals surface area contributed by atoms with Crippen molar-refractivity contribution < 1.29 is 19.1 Å². The van der Waals surface area contributed by atoms with Crippen LogP contribution < -0.4 is 10.6 Å². The molecule has 6 heteroatoms. The molecule has 0 spiro atoms. The minimum absolute atomic E-state index is 0.0975. The number of rotatable bonds is 6. The number of amides is 2. The van der Waals surface area contributed by atoms with Crippen LogP contribution in [0.4, 0.5) is 4.39 Å². The van der Waals surface area contributed by atoms with Crippen LogP contribution in [-0.4, -0.2) is 30.5 Å². The van der Waals surface area contributed by atoms with Crippen molar-refractivity contribution in [3.05, 3.63) is 77.1 Å². The maximum absolute atomic E-state index is 13.5. The maximum Gasteiger partial charge on any atom is 0.251 e. The summed E-state index contributed by atoms with van der Waals surface area (Å²) in [5.41, 5.74) is 1.41. The van der Waals surface area contributed by atoms with Gasteiger partial charge in [-0.05, 0) is 29.8 Å². The molecule has 5 nitrogen and oxygen atoms in total. The van der Waals surface area contributed by atoms with Crippen LogP contribution in [0.2, 0.25) is 0 Å². The molecular weight excluding hydrogens is 323 g/mol. The van der Waals surface area contributed by atoms with Crippen molar-refractivity contribution in [3.8, 4) is 0 Å². The van der Waals surface area contributed by atoms with Gasteiger partial charge in [-0.15, -0.1) is 0 Å². The maximum atomic E-state index is 13.5. The van der Waals surface area contributed by atoms with Gasteiger partial charge in [0.2, 0.25) is 5.91 Å². The zero-order valence-corrected chi connectivity index (χ0v) is 13.7. The van der Waals surface area contributed by atoms with E-state index in [0.29, 0.717) is 5.56 Å². The standard InChI is InChI=1S/C19H19FN2O3/c1-21-19(25)14-9-6-13(7-10-14)8-11-18(24)22-12-17(23)15-4-2-3-5-16(15)20/h2-11,17,23H,12H2,1H3,(H,21,25)(H,22,24)/b11-8+. The van der Waals surface area contributed by atoms with E-state index in [2.05, 4.69) is 10.6 Å². The molecule has 130 valence electrons. The first-order chi connectivity index (χ1) is 12.0. The topological polar surface area (TPSA) is 78.4 Å². The van der Waals surface area contributed by atoms with Crippen LogP contribution in [0.1, 0.15) is 27.6 Å². The molecule has 0 aliphatic rings. The Morgan fingerprint density at radius 3 is 2.48 bits per heavy atom. The van der Waals surface area contributed by atoms with Crippen molar-refractivity contribution in [2.45, 2.75) is 6.10 Å².